The van der Waals surface area contributed by atoms with Gasteiger partial charge >= 0.3 is 0 Å². The fourth-order valence-corrected chi connectivity index (χ4v) is 14.3. The number of rotatable bonds is 8. The summed E-state index contributed by atoms with van der Waals surface area (Å²) in [5, 5.41) is 32.8. The molecular weight excluding hydrogens is 1040 g/mol. The maximum Gasteiger partial charge on any atom is 0.100 e. The van der Waals surface area contributed by atoms with Crippen LogP contribution in [0.3, 0.4) is 0 Å². The van der Waals surface area contributed by atoms with Gasteiger partial charge < -0.3 is 18.3 Å². The van der Waals surface area contributed by atoms with Gasteiger partial charge in [0.15, 0.2) is 0 Å². The predicted molar refractivity (Wildman–Crippen MR) is 355 cm³/mol. The Labute approximate surface area is 496 Å². The molecule has 0 amide bonds. The highest BCUT2D eigenvalue weighted by atomic mass is 15.0. The minimum Gasteiger partial charge on any atom is -0.310 e. The molecule has 0 bridgehead atoms. The smallest absolute Gasteiger partial charge is 0.100 e. The Morgan fingerprint density at radius 3 is 0.791 bits per heavy atom. The van der Waals surface area contributed by atoms with Gasteiger partial charge in [-0.25, -0.2) is 0 Å². The van der Waals surface area contributed by atoms with Crippen LogP contribution in [0, 0.1) is 22.7 Å². The van der Waals surface area contributed by atoms with Crippen molar-refractivity contribution in [3.05, 3.63) is 295 Å². The van der Waals surface area contributed by atoms with E-state index in [1.807, 2.05) is 0 Å². The molecule has 400 valence electrons. The third-order valence-corrected chi connectivity index (χ3v) is 18.0. The van der Waals surface area contributed by atoms with E-state index in [2.05, 4.69) is 309 Å². The maximum atomic E-state index is 12.2. The van der Waals surface area contributed by atoms with E-state index in [-0.39, 0.29) is 0 Å². The van der Waals surface area contributed by atoms with Crippen LogP contribution in [0.1, 0.15) is 28.8 Å². The first kappa shape index (κ1) is 49.0. The maximum absolute atomic E-state index is 12.2. The third kappa shape index (κ3) is 7.31. The molecule has 1 aliphatic carbocycles. The van der Waals surface area contributed by atoms with Crippen LogP contribution in [0.15, 0.2) is 273 Å². The zero-order valence-electron chi connectivity index (χ0n) is 46.7. The van der Waals surface area contributed by atoms with Crippen molar-refractivity contribution in [2.75, 3.05) is 0 Å². The molecule has 0 aliphatic heterocycles. The van der Waals surface area contributed by atoms with Crippen molar-refractivity contribution >= 4 is 82.4 Å². The van der Waals surface area contributed by atoms with Gasteiger partial charge in [-0.3, -0.25) is 0 Å². The largest absolute Gasteiger partial charge is 0.310 e. The van der Waals surface area contributed by atoms with Crippen molar-refractivity contribution in [3.63, 3.8) is 0 Å². The Morgan fingerprint density at radius 1 is 0.267 bits per heavy atom. The normalized spacial score (nSPS) is 12.3. The van der Waals surface area contributed by atoms with E-state index in [1.54, 1.807) is 0 Å². The molecule has 6 nitrogen and oxygen atoms in total. The molecule has 6 heteroatoms. The number of hydrogen-bond donors (Lipinski definition) is 0. The molecule has 4 heterocycles. The molecule has 0 radical (unpaired) electrons. The number of allylic oxidation sites excluding steroid dienone is 1. The Kier molecular flexibility index (Phi) is 11.1. The SMILES string of the molecule is N#Cc1c(-c2ccc(-n3c4c(c5ccccc53)CCC=C4)cc2)c(-c2ccc(-n3c4ccccc4c4ccccc43)cc2)c(C#N)c(-c2ccc(-n3c4ccccc4c4ccccc43)cc2)c1-c1ccc(-n2c3ccccc3c3ccccc32)cc1. The summed E-state index contributed by atoms with van der Waals surface area (Å²) in [6, 6.07) is 100.0. The second-order valence-electron chi connectivity index (χ2n) is 22.4. The highest BCUT2D eigenvalue weighted by Crippen LogP contribution is 2.50. The van der Waals surface area contributed by atoms with Gasteiger partial charge in [0, 0.05) is 88.4 Å². The van der Waals surface area contributed by atoms with Gasteiger partial charge in [0.2, 0.25) is 0 Å². The predicted octanol–water partition coefficient (Wildman–Crippen LogP) is 20.3. The Hall–Kier alpha value is -11.7. The van der Waals surface area contributed by atoms with Crippen molar-refractivity contribution < 1.29 is 0 Å². The summed E-state index contributed by atoms with van der Waals surface area (Å²) in [7, 11) is 0. The fourth-order valence-electron chi connectivity index (χ4n) is 14.3. The number of fused-ring (bicyclic) bond motifs is 12. The molecule has 86 heavy (non-hydrogen) atoms. The van der Waals surface area contributed by atoms with E-state index in [9.17, 15) is 10.5 Å². The summed E-state index contributed by atoms with van der Waals surface area (Å²) >= 11 is 0. The summed E-state index contributed by atoms with van der Waals surface area (Å²) in [6.45, 7) is 0. The number of nitrogens with zero attached hydrogens (tertiary/aromatic N) is 6. The van der Waals surface area contributed by atoms with Crippen molar-refractivity contribution in [2.45, 2.75) is 12.8 Å². The minimum absolute atomic E-state index is 0.481. The average Bonchev–Trinajstić information content (AvgIpc) is 1.31. The molecule has 0 unspecified atom stereocenters. The molecule has 1 aliphatic rings. The molecule has 0 fully saturated rings. The number of para-hydroxylation sites is 7. The van der Waals surface area contributed by atoms with Crippen LogP contribution in [0.5, 0.6) is 0 Å². The summed E-state index contributed by atoms with van der Waals surface area (Å²) in [5.74, 6) is 0. The molecule has 0 atom stereocenters. The number of benzene rings is 12. The van der Waals surface area contributed by atoms with E-state index in [0.29, 0.717) is 33.4 Å². The van der Waals surface area contributed by atoms with Gasteiger partial charge in [-0.1, -0.05) is 182 Å². The summed E-state index contributed by atoms with van der Waals surface area (Å²) in [6.07, 6.45) is 6.52. The molecular formula is C80H50N6. The number of nitriles is 2. The van der Waals surface area contributed by atoms with Gasteiger partial charge in [0.05, 0.1) is 49.7 Å². The summed E-state index contributed by atoms with van der Waals surface area (Å²) in [5.41, 5.74) is 21.4. The quantitative estimate of drug-likeness (QED) is 0.152. The number of hydrogen-bond acceptors (Lipinski definition) is 2. The zero-order valence-corrected chi connectivity index (χ0v) is 46.7. The topological polar surface area (TPSA) is 67.3 Å². The first-order valence-electron chi connectivity index (χ1n) is 29.3. The highest BCUT2D eigenvalue weighted by Gasteiger charge is 2.29. The standard InChI is InChI=1S/C80H50N6/c81-49-67-77(51-33-41-55(42-34-51)83-69-25-9-1-17-59(69)60-18-2-10-26-70(60)83)78(52-35-43-56(44-36-52)84-71-27-11-3-19-61(71)62-20-4-12-28-72(62)84)68(50-82)80(54-39-47-58(48-40-54)86-75-31-15-7-23-65(75)66-24-8-16-32-76(66)86)79(67)53-37-45-57(46-38-53)85-73-29-13-5-21-63(73)64-22-6-14-30-74(64)85/h1-7,9-23,25-48H,8,24H2. The lowest BCUT2D eigenvalue weighted by Gasteiger charge is -2.24. The molecule has 17 rings (SSSR count). The number of aryl methyl sites for hydroxylation is 1. The van der Waals surface area contributed by atoms with Crippen LogP contribution in [-0.2, 0) is 6.42 Å². The van der Waals surface area contributed by atoms with Gasteiger partial charge in [0.1, 0.15) is 12.1 Å². The van der Waals surface area contributed by atoms with Crippen LogP contribution >= 0.6 is 0 Å². The van der Waals surface area contributed by atoms with Crippen molar-refractivity contribution in [3.8, 4) is 79.4 Å². The van der Waals surface area contributed by atoms with Crippen LogP contribution in [0.2, 0.25) is 0 Å². The lowest BCUT2D eigenvalue weighted by molar-refractivity contribution is 0.967. The van der Waals surface area contributed by atoms with Crippen molar-refractivity contribution in [1.29, 1.82) is 10.5 Å². The van der Waals surface area contributed by atoms with Crippen LogP contribution in [0.4, 0.5) is 0 Å². The van der Waals surface area contributed by atoms with Crippen molar-refractivity contribution in [1.82, 2.24) is 18.3 Å². The molecule has 12 aromatic carbocycles. The fraction of sp³-hybridized carbons (Fsp3) is 0.0250. The van der Waals surface area contributed by atoms with Gasteiger partial charge in [-0.05, 0) is 138 Å². The minimum atomic E-state index is 0.481. The van der Waals surface area contributed by atoms with Crippen LogP contribution in [0.25, 0.3) is 150 Å². The van der Waals surface area contributed by atoms with E-state index < -0.39 is 0 Å². The molecule has 0 spiro atoms. The van der Waals surface area contributed by atoms with Crippen molar-refractivity contribution in [2.24, 2.45) is 0 Å². The lowest BCUT2D eigenvalue weighted by atomic mass is 9.78. The average molecular weight is 1100 g/mol. The van der Waals surface area contributed by atoms with Gasteiger partial charge in [0.25, 0.3) is 0 Å². The Morgan fingerprint density at radius 2 is 0.512 bits per heavy atom. The van der Waals surface area contributed by atoms with E-state index in [4.69, 9.17) is 0 Å². The second-order valence-corrected chi connectivity index (χ2v) is 22.4. The van der Waals surface area contributed by atoms with Crippen LogP contribution in [-0.4, -0.2) is 18.3 Å². The summed E-state index contributed by atoms with van der Waals surface area (Å²) in [4.78, 5) is 0. The second kappa shape index (κ2) is 19.5. The first-order valence-corrected chi connectivity index (χ1v) is 29.3. The van der Waals surface area contributed by atoms with Gasteiger partial charge in [-0.2, -0.15) is 10.5 Å². The first-order chi connectivity index (χ1) is 42.6. The van der Waals surface area contributed by atoms with E-state index in [0.717, 1.165) is 96.5 Å². The Bertz CT molecular complexity index is 5410. The summed E-state index contributed by atoms with van der Waals surface area (Å²) < 4.78 is 9.30. The highest BCUT2D eigenvalue weighted by molar-refractivity contribution is 6.12. The molecule has 0 saturated heterocycles. The molecule has 16 aromatic rings. The lowest BCUT2D eigenvalue weighted by Crippen LogP contribution is -2.04. The Balaban J connectivity index is 0.923. The third-order valence-electron chi connectivity index (χ3n) is 18.0. The van der Waals surface area contributed by atoms with Gasteiger partial charge in [-0.15, -0.1) is 0 Å². The van der Waals surface area contributed by atoms with E-state index >= 15 is 0 Å². The van der Waals surface area contributed by atoms with Crippen LogP contribution < -0.4 is 0 Å². The number of aromatic nitrogens is 4. The molecule has 4 aromatic heterocycles. The monoisotopic (exact) mass is 1090 g/mol. The van der Waals surface area contributed by atoms with E-state index in [1.165, 1.54) is 49.0 Å². The molecule has 0 N–H and O–H groups in total. The zero-order chi connectivity index (χ0) is 57.0. The molecule has 0 saturated carbocycles.